The van der Waals surface area contributed by atoms with Gasteiger partial charge in [-0.05, 0) is 31.4 Å². The summed E-state index contributed by atoms with van der Waals surface area (Å²) in [4.78, 5) is 14.1. The predicted octanol–water partition coefficient (Wildman–Crippen LogP) is 3.48. The van der Waals surface area contributed by atoms with Gasteiger partial charge >= 0.3 is 0 Å². The van der Waals surface area contributed by atoms with E-state index in [1.807, 2.05) is 13.8 Å². The number of likely N-dealkylation sites (N-methyl/N-ethyl adjacent to an activating group) is 1. The normalized spacial score (nSPS) is 11.1. The zero-order valence-electron chi connectivity index (χ0n) is 12.6. The molecule has 0 radical (unpaired) electrons. The van der Waals surface area contributed by atoms with Crippen LogP contribution in [0, 0.1) is 5.82 Å². The van der Waals surface area contributed by atoms with Crippen LogP contribution < -0.4 is 0 Å². The summed E-state index contributed by atoms with van der Waals surface area (Å²) in [6.45, 7) is 4.90. The van der Waals surface area contributed by atoms with Gasteiger partial charge in [-0.2, -0.15) is 0 Å². The van der Waals surface area contributed by atoms with E-state index in [0.29, 0.717) is 29.5 Å². The van der Waals surface area contributed by atoms with Gasteiger partial charge in [0.2, 0.25) is 0 Å². The number of carbonyl (C=O) groups excluding carboxylic acids is 1. The largest absolute Gasteiger partial charge is 0.377 e. The smallest absolute Gasteiger partial charge is 0.254 e. The molecule has 0 fully saturated rings. The van der Waals surface area contributed by atoms with Gasteiger partial charge in [-0.25, -0.2) is 4.39 Å². The van der Waals surface area contributed by atoms with Crippen LogP contribution in [0.5, 0.6) is 0 Å². The van der Waals surface area contributed by atoms with Gasteiger partial charge < -0.3 is 9.64 Å². The molecule has 0 saturated heterocycles. The molecule has 0 spiro atoms. The van der Waals surface area contributed by atoms with Crippen molar-refractivity contribution in [2.24, 2.45) is 0 Å². The van der Waals surface area contributed by atoms with Gasteiger partial charge in [-0.15, -0.1) is 0 Å². The van der Waals surface area contributed by atoms with E-state index < -0.39 is 0 Å². The summed E-state index contributed by atoms with van der Waals surface area (Å²) in [6.07, 6.45) is 0.139. The maximum Gasteiger partial charge on any atom is 0.254 e. The molecule has 0 atom stereocenters. The molecule has 0 saturated carbocycles. The molecular formula is C17H20FNO2. The van der Waals surface area contributed by atoms with E-state index >= 15 is 0 Å². The molecule has 4 heteroatoms. The number of hydrogen-bond acceptors (Lipinski definition) is 2. The molecule has 0 aliphatic rings. The van der Waals surface area contributed by atoms with Crippen LogP contribution in [0.4, 0.5) is 4.39 Å². The molecule has 0 N–H and O–H groups in total. The summed E-state index contributed by atoms with van der Waals surface area (Å²) in [5.74, 6) is -0.438. The van der Waals surface area contributed by atoms with Crippen LogP contribution in [0.25, 0.3) is 10.8 Å². The minimum Gasteiger partial charge on any atom is -0.377 e. The van der Waals surface area contributed by atoms with E-state index in [9.17, 15) is 9.18 Å². The van der Waals surface area contributed by atoms with Crippen LogP contribution in [0.3, 0.4) is 0 Å². The zero-order chi connectivity index (χ0) is 15.4. The molecule has 0 aliphatic heterocycles. The third-order valence-electron chi connectivity index (χ3n) is 3.33. The monoisotopic (exact) mass is 289 g/mol. The summed E-state index contributed by atoms with van der Waals surface area (Å²) >= 11 is 0. The molecule has 0 unspecified atom stereocenters. The zero-order valence-corrected chi connectivity index (χ0v) is 12.6. The molecule has 112 valence electrons. The van der Waals surface area contributed by atoms with E-state index in [1.54, 1.807) is 42.3 Å². The number of benzene rings is 2. The summed E-state index contributed by atoms with van der Waals surface area (Å²) in [7, 11) is 1.73. The van der Waals surface area contributed by atoms with Crippen LogP contribution in [0.2, 0.25) is 0 Å². The van der Waals surface area contributed by atoms with E-state index in [4.69, 9.17) is 4.74 Å². The Hall–Kier alpha value is -1.94. The van der Waals surface area contributed by atoms with Crippen LogP contribution in [0.1, 0.15) is 24.2 Å². The number of nitrogens with zero attached hydrogens (tertiary/aromatic N) is 1. The number of rotatable bonds is 5. The van der Waals surface area contributed by atoms with Crippen LogP contribution >= 0.6 is 0 Å². The van der Waals surface area contributed by atoms with Gasteiger partial charge in [0.25, 0.3) is 5.91 Å². The first-order valence-corrected chi connectivity index (χ1v) is 7.05. The Morgan fingerprint density at radius 2 is 1.86 bits per heavy atom. The molecule has 1 amide bonds. The van der Waals surface area contributed by atoms with E-state index in [2.05, 4.69) is 0 Å². The second-order valence-electron chi connectivity index (χ2n) is 5.29. The van der Waals surface area contributed by atoms with Gasteiger partial charge in [0.05, 0.1) is 12.7 Å². The van der Waals surface area contributed by atoms with Gasteiger partial charge in [-0.3, -0.25) is 4.79 Å². The van der Waals surface area contributed by atoms with Crippen molar-refractivity contribution in [1.29, 1.82) is 0 Å². The third kappa shape index (κ3) is 3.58. The highest BCUT2D eigenvalue weighted by atomic mass is 19.1. The number of hydrogen-bond donors (Lipinski definition) is 0. The number of fused-ring (bicyclic) bond motifs is 1. The summed E-state index contributed by atoms with van der Waals surface area (Å²) in [5, 5.41) is 1.11. The fraction of sp³-hybridized carbons (Fsp3) is 0.353. The molecular weight excluding hydrogens is 269 g/mol. The van der Waals surface area contributed by atoms with Gasteiger partial charge in [0.1, 0.15) is 5.82 Å². The topological polar surface area (TPSA) is 29.5 Å². The molecule has 2 aromatic carbocycles. The Bertz CT molecular complexity index is 640. The van der Waals surface area contributed by atoms with Crippen molar-refractivity contribution in [1.82, 2.24) is 4.90 Å². The van der Waals surface area contributed by atoms with Gasteiger partial charge in [0, 0.05) is 24.5 Å². The standard InChI is InChI=1S/C17H20FNO2/c1-12(2)21-11-10-19(3)17(20)15-8-9-16(18)14-7-5-4-6-13(14)15/h4-9,12H,10-11H2,1-3H3. The van der Waals surface area contributed by atoms with Crippen molar-refractivity contribution in [3.8, 4) is 0 Å². The molecule has 2 rings (SSSR count). The Balaban J connectivity index is 2.21. The maximum absolute atomic E-state index is 13.8. The number of carbonyl (C=O) groups is 1. The summed E-state index contributed by atoms with van der Waals surface area (Å²) in [5.41, 5.74) is 0.513. The van der Waals surface area contributed by atoms with Crippen molar-refractivity contribution in [3.05, 3.63) is 47.8 Å². The predicted molar refractivity (Wildman–Crippen MR) is 82.0 cm³/mol. The Morgan fingerprint density at radius 3 is 2.52 bits per heavy atom. The average Bonchev–Trinajstić information content (AvgIpc) is 2.47. The van der Waals surface area contributed by atoms with E-state index in [0.717, 1.165) is 0 Å². The molecule has 0 heterocycles. The van der Waals surface area contributed by atoms with Crippen molar-refractivity contribution in [2.45, 2.75) is 20.0 Å². The first-order chi connectivity index (χ1) is 10.0. The Morgan fingerprint density at radius 1 is 1.19 bits per heavy atom. The van der Waals surface area contributed by atoms with Crippen LogP contribution in [-0.2, 0) is 4.74 Å². The fourth-order valence-electron chi connectivity index (χ4n) is 2.18. The molecule has 2 aromatic rings. The highest BCUT2D eigenvalue weighted by molar-refractivity contribution is 6.07. The van der Waals surface area contributed by atoms with E-state index in [-0.39, 0.29) is 17.8 Å². The molecule has 0 aliphatic carbocycles. The molecule has 0 bridgehead atoms. The molecule has 3 nitrogen and oxygen atoms in total. The lowest BCUT2D eigenvalue weighted by atomic mass is 10.0. The molecule has 21 heavy (non-hydrogen) atoms. The quantitative estimate of drug-likeness (QED) is 0.843. The minimum atomic E-state index is -0.312. The van der Waals surface area contributed by atoms with Gasteiger partial charge in [-0.1, -0.05) is 24.3 Å². The minimum absolute atomic E-state index is 0.126. The lowest BCUT2D eigenvalue weighted by Crippen LogP contribution is -2.31. The first-order valence-electron chi connectivity index (χ1n) is 7.05. The highest BCUT2D eigenvalue weighted by Gasteiger charge is 2.16. The fourth-order valence-corrected chi connectivity index (χ4v) is 2.18. The number of ether oxygens (including phenoxy) is 1. The van der Waals surface area contributed by atoms with Crippen molar-refractivity contribution >= 4 is 16.7 Å². The first kappa shape index (κ1) is 15.4. The third-order valence-corrected chi connectivity index (χ3v) is 3.33. The van der Waals surface area contributed by atoms with Crippen LogP contribution in [-0.4, -0.2) is 37.1 Å². The van der Waals surface area contributed by atoms with Crippen molar-refractivity contribution in [2.75, 3.05) is 20.2 Å². The number of halogens is 1. The SMILES string of the molecule is CC(C)OCCN(C)C(=O)c1ccc(F)c2ccccc12. The van der Waals surface area contributed by atoms with Crippen LogP contribution in [0.15, 0.2) is 36.4 Å². The van der Waals surface area contributed by atoms with E-state index in [1.165, 1.54) is 6.07 Å². The van der Waals surface area contributed by atoms with Crippen molar-refractivity contribution < 1.29 is 13.9 Å². The highest BCUT2D eigenvalue weighted by Crippen LogP contribution is 2.22. The maximum atomic E-state index is 13.8. The lowest BCUT2D eigenvalue weighted by molar-refractivity contribution is 0.0533. The Kier molecular flexibility index (Phi) is 4.91. The average molecular weight is 289 g/mol. The number of amides is 1. The summed E-state index contributed by atoms with van der Waals surface area (Å²) in [6, 6.07) is 9.90. The molecule has 0 aromatic heterocycles. The van der Waals surface area contributed by atoms with Gasteiger partial charge in [0.15, 0.2) is 0 Å². The van der Waals surface area contributed by atoms with Crippen molar-refractivity contribution in [3.63, 3.8) is 0 Å². The Labute approximate surface area is 124 Å². The summed E-state index contributed by atoms with van der Waals surface area (Å²) < 4.78 is 19.2. The second-order valence-corrected chi connectivity index (χ2v) is 5.29. The second kappa shape index (κ2) is 6.68. The lowest BCUT2D eigenvalue weighted by Gasteiger charge is -2.19.